The van der Waals surface area contributed by atoms with Crippen molar-refractivity contribution < 1.29 is 9.90 Å². The summed E-state index contributed by atoms with van der Waals surface area (Å²) in [5, 5.41) is 11.8. The standard InChI is InChI=1S/C18H12O2/c19-18(20)17-14-8-4-3-7-13(14)15-9-11-5-1-2-6-12(11)10-16(15)17/h1-10,17H,(H,19,20). The maximum absolute atomic E-state index is 11.7. The predicted molar refractivity (Wildman–Crippen MR) is 78.9 cm³/mol. The van der Waals surface area contributed by atoms with Crippen LogP contribution in [0.2, 0.25) is 0 Å². The molecule has 3 aromatic rings. The van der Waals surface area contributed by atoms with Gasteiger partial charge in [0.15, 0.2) is 0 Å². The molecule has 1 atom stereocenters. The summed E-state index contributed by atoms with van der Waals surface area (Å²) in [7, 11) is 0. The summed E-state index contributed by atoms with van der Waals surface area (Å²) in [4.78, 5) is 11.7. The first-order valence-electron chi connectivity index (χ1n) is 6.60. The second kappa shape index (κ2) is 3.94. The van der Waals surface area contributed by atoms with Gasteiger partial charge in [0.1, 0.15) is 5.92 Å². The van der Waals surface area contributed by atoms with Crippen LogP contribution in [0.1, 0.15) is 17.0 Å². The molecule has 1 aliphatic carbocycles. The smallest absolute Gasteiger partial charge is 0.315 e. The third kappa shape index (κ3) is 1.42. The molecule has 1 unspecified atom stereocenters. The average molecular weight is 260 g/mol. The van der Waals surface area contributed by atoms with E-state index in [0.29, 0.717) is 0 Å². The lowest BCUT2D eigenvalue weighted by atomic mass is 9.95. The molecule has 2 heteroatoms. The Balaban J connectivity index is 2.10. The minimum Gasteiger partial charge on any atom is -0.481 e. The first-order valence-corrected chi connectivity index (χ1v) is 6.60. The molecule has 3 aromatic carbocycles. The quantitative estimate of drug-likeness (QED) is 0.717. The van der Waals surface area contributed by atoms with Gasteiger partial charge in [-0.25, -0.2) is 0 Å². The van der Waals surface area contributed by atoms with Crippen LogP contribution in [0.15, 0.2) is 60.7 Å². The second-order valence-corrected chi connectivity index (χ2v) is 5.15. The maximum atomic E-state index is 11.7. The molecule has 0 aromatic heterocycles. The van der Waals surface area contributed by atoms with E-state index < -0.39 is 11.9 Å². The number of hydrogen-bond donors (Lipinski definition) is 1. The van der Waals surface area contributed by atoms with E-state index in [-0.39, 0.29) is 0 Å². The molecular formula is C18H12O2. The first-order chi connectivity index (χ1) is 9.75. The minimum absolute atomic E-state index is 0.550. The maximum Gasteiger partial charge on any atom is 0.315 e. The number of carbonyl (C=O) groups is 1. The Morgan fingerprint density at radius 3 is 2.20 bits per heavy atom. The second-order valence-electron chi connectivity index (χ2n) is 5.15. The lowest BCUT2D eigenvalue weighted by Crippen LogP contribution is -2.09. The third-order valence-electron chi connectivity index (χ3n) is 4.04. The average Bonchev–Trinajstić information content (AvgIpc) is 2.78. The van der Waals surface area contributed by atoms with E-state index in [4.69, 9.17) is 0 Å². The number of carboxylic acids is 1. The highest BCUT2D eigenvalue weighted by atomic mass is 16.4. The van der Waals surface area contributed by atoms with Crippen molar-refractivity contribution in [2.24, 2.45) is 0 Å². The van der Waals surface area contributed by atoms with Gasteiger partial charge in [-0.2, -0.15) is 0 Å². The molecular weight excluding hydrogens is 248 g/mol. The normalized spacial score (nSPS) is 15.9. The summed E-state index contributed by atoms with van der Waals surface area (Å²) in [5.41, 5.74) is 3.88. The third-order valence-corrected chi connectivity index (χ3v) is 4.04. The van der Waals surface area contributed by atoms with E-state index in [1.54, 1.807) is 0 Å². The van der Waals surface area contributed by atoms with Crippen LogP contribution in [-0.2, 0) is 4.79 Å². The zero-order chi connectivity index (χ0) is 13.7. The van der Waals surface area contributed by atoms with Crippen LogP contribution in [-0.4, -0.2) is 11.1 Å². The van der Waals surface area contributed by atoms with Crippen molar-refractivity contribution in [3.8, 4) is 11.1 Å². The zero-order valence-electron chi connectivity index (χ0n) is 10.7. The highest BCUT2D eigenvalue weighted by Gasteiger charge is 2.33. The van der Waals surface area contributed by atoms with Crippen LogP contribution in [0.3, 0.4) is 0 Å². The van der Waals surface area contributed by atoms with E-state index in [1.165, 1.54) is 0 Å². The highest BCUT2D eigenvalue weighted by molar-refractivity contribution is 5.98. The van der Waals surface area contributed by atoms with Crippen molar-refractivity contribution in [1.82, 2.24) is 0 Å². The summed E-state index contributed by atoms with van der Waals surface area (Å²) in [6.45, 7) is 0. The fourth-order valence-corrected chi connectivity index (χ4v) is 3.16. The van der Waals surface area contributed by atoms with Gasteiger partial charge in [-0.05, 0) is 45.2 Å². The van der Waals surface area contributed by atoms with Gasteiger partial charge in [-0.3, -0.25) is 4.79 Å². The van der Waals surface area contributed by atoms with Crippen molar-refractivity contribution in [3.63, 3.8) is 0 Å². The number of fused-ring (bicyclic) bond motifs is 4. The lowest BCUT2D eigenvalue weighted by Gasteiger charge is -2.08. The molecule has 1 aliphatic rings. The molecule has 0 radical (unpaired) electrons. The number of hydrogen-bond acceptors (Lipinski definition) is 1. The Morgan fingerprint density at radius 2 is 1.45 bits per heavy atom. The largest absolute Gasteiger partial charge is 0.481 e. The molecule has 0 fully saturated rings. The van der Waals surface area contributed by atoms with Crippen LogP contribution < -0.4 is 0 Å². The fraction of sp³-hybridized carbons (Fsp3) is 0.0556. The van der Waals surface area contributed by atoms with Crippen molar-refractivity contribution >= 4 is 16.7 Å². The number of carboxylic acid groups (broad SMARTS) is 1. The van der Waals surface area contributed by atoms with Gasteiger partial charge >= 0.3 is 5.97 Å². The van der Waals surface area contributed by atoms with Crippen LogP contribution in [0.4, 0.5) is 0 Å². The molecule has 20 heavy (non-hydrogen) atoms. The molecule has 0 saturated carbocycles. The number of aliphatic carboxylic acids is 1. The fourth-order valence-electron chi connectivity index (χ4n) is 3.16. The van der Waals surface area contributed by atoms with Crippen molar-refractivity contribution in [3.05, 3.63) is 71.8 Å². The molecule has 0 bridgehead atoms. The van der Waals surface area contributed by atoms with Crippen LogP contribution in [0.5, 0.6) is 0 Å². The monoisotopic (exact) mass is 260 g/mol. The van der Waals surface area contributed by atoms with E-state index in [1.807, 2.05) is 48.5 Å². The van der Waals surface area contributed by atoms with Crippen LogP contribution >= 0.6 is 0 Å². The van der Waals surface area contributed by atoms with Gasteiger partial charge in [-0.1, -0.05) is 48.5 Å². The topological polar surface area (TPSA) is 37.3 Å². The summed E-state index contributed by atoms with van der Waals surface area (Å²) in [5.74, 6) is -1.34. The van der Waals surface area contributed by atoms with Gasteiger partial charge in [-0.15, -0.1) is 0 Å². The molecule has 2 nitrogen and oxygen atoms in total. The summed E-state index contributed by atoms with van der Waals surface area (Å²) in [6.07, 6.45) is 0. The lowest BCUT2D eigenvalue weighted by molar-refractivity contribution is -0.137. The molecule has 0 saturated heterocycles. The Labute approximate surface area is 116 Å². The van der Waals surface area contributed by atoms with Gasteiger partial charge in [0.2, 0.25) is 0 Å². The van der Waals surface area contributed by atoms with Crippen molar-refractivity contribution in [2.45, 2.75) is 5.92 Å². The zero-order valence-corrected chi connectivity index (χ0v) is 10.7. The summed E-state index contributed by atoms with van der Waals surface area (Å²) in [6, 6.07) is 20.0. The van der Waals surface area contributed by atoms with E-state index in [2.05, 4.69) is 12.1 Å². The van der Waals surface area contributed by atoms with Crippen LogP contribution in [0.25, 0.3) is 21.9 Å². The summed E-state index contributed by atoms with van der Waals surface area (Å²) >= 11 is 0. The van der Waals surface area contributed by atoms with E-state index in [9.17, 15) is 9.90 Å². The van der Waals surface area contributed by atoms with Gasteiger partial charge in [0.05, 0.1) is 0 Å². The SMILES string of the molecule is O=C(O)C1c2ccccc2-c2cc3ccccc3cc21. The Morgan fingerprint density at radius 1 is 0.800 bits per heavy atom. The molecule has 0 aliphatic heterocycles. The van der Waals surface area contributed by atoms with E-state index >= 15 is 0 Å². The molecule has 1 N–H and O–H groups in total. The first kappa shape index (κ1) is 11.2. The molecule has 96 valence electrons. The number of benzene rings is 3. The van der Waals surface area contributed by atoms with Gasteiger partial charge in [0.25, 0.3) is 0 Å². The van der Waals surface area contributed by atoms with Crippen LogP contribution in [0, 0.1) is 0 Å². The summed E-state index contributed by atoms with van der Waals surface area (Å²) < 4.78 is 0. The number of rotatable bonds is 1. The van der Waals surface area contributed by atoms with Crippen molar-refractivity contribution in [1.29, 1.82) is 0 Å². The van der Waals surface area contributed by atoms with Gasteiger partial charge < -0.3 is 5.11 Å². The minimum atomic E-state index is -0.786. The Kier molecular flexibility index (Phi) is 2.21. The van der Waals surface area contributed by atoms with Crippen molar-refractivity contribution in [2.75, 3.05) is 0 Å². The molecule has 0 amide bonds. The van der Waals surface area contributed by atoms with Gasteiger partial charge in [0, 0.05) is 0 Å². The molecule has 4 rings (SSSR count). The highest BCUT2D eigenvalue weighted by Crippen LogP contribution is 2.46. The molecule has 0 heterocycles. The van der Waals surface area contributed by atoms with E-state index in [0.717, 1.165) is 33.0 Å². The Hall–Kier alpha value is -2.61. The Bertz CT molecular complexity index is 849. The predicted octanol–water partition coefficient (Wildman–Crippen LogP) is 4.04. The molecule has 0 spiro atoms.